The molecule has 0 amide bonds. The lowest BCUT2D eigenvalue weighted by Crippen LogP contribution is -2.18. The molecule has 90 valence electrons. The fourth-order valence-electron chi connectivity index (χ4n) is 1.60. The van der Waals surface area contributed by atoms with E-state index >= 15 is 0 Å². The molecule has 0 fully saturated rings. The number of benzene rings is 1. The lowest BCUT2D eigenvalue weighted by molar-refractivity contribution is 0.391. The molecular weight excluding hydrogens is 198 g/mol. The highest BCUT2D eigenvalue weighted by Gasteiger charge is 1.96. The molecule has 0 aliphatic heterocycles. The number of unbranched alkanes of at least 4 members (excludes halogenated alkanes) is 1. The second kappa shape index (κ2) is 7.25. The highest BCUT2D eigenvalue weighted by atomic mass is 15.0. The lowest BCUT2D eigenvalue weighted by atomic mass is 10.2. The molecule has 1 aromatic rings. The zero-order valence-corrected chi connectivity index (χ0v) is 10.4. The van der Waals surface area contributed by atoms with Crippen LogP contribution in [0.1, 0.15) is 18.4 Å². The molecule has 0 aromatic heterocycles. The summed E-state index contributed by atoms with van der Waals surface area (Å²) in [6.45, 7) is 3.09. The molecule has 0 aliphatic rings. The van der Waals surface area contributed by atoms with Gasteiger partial charge in [0.05, 0.1) is 0 Å². The normalized spacial score (nSPS) is 10.9. The van der Waals surface area contributed by atoms with Gasteiger partial charge in [0.1, 0.15) is 0 Å². The first-order valence-corrected chi connectivity index (χ1v) is 5.89. The number of nitrogens with two attached hydrogens (primary N) is 1. The summed E-state index contributed by atoms with van der Waals surface area (Å²) in [6.07, 6.45) is 2.45. The molecule has 0 atom stereocenters. The van der Waals surface area contributed by atoms with E-state index in [1.54, 1.807) is 0 Å². The van der Waals surface area contributed by atoms with E-state index in [0.717, 1.165) is 25.3 Å². The Morgan fingerprint density at radius 3 is 2.62 bits per heavy atom. The van der Waals surface area contributed by atoms with E-state index in [1.807, 2.05) is 18.2 Å². The van der Waals surface area contributed by atoms with Gasteiger partial charge in [0, 0.05) is 12.2 Å². The van der Waals surface area contributed by atoms with Crippen molar-refractivity contribution in [2.24, 2.45) is 0 Å². The van der Waals surface area contributed by atoms with Gasteiger partial charge >= 0.3 is 0 Å². The first-order valence-electron chi connectivity index (χ1n) is 5.89. The minimum atomic E-state index is 0.870. The molecule has 0 aliphatic carbocycles. The average Bonchev–Trinajstić information content (AvgIpc) is 2.25. The van der Waals surface area contributed by atoms with E-state index in [0.29, 0.717) is 0 Å². The van der Waals surface area contributed by atoms with Gasteiger partial charge < -0.3 is 16.0 Å². The van der Waals surface area contributed by atoms with Crippen molar-refractivity contribution in [1.82, 2.24) is 10.2 Å². The third-order valence-electron chi connectivity index (χ3n) is 2.58. The minimum Gasteiger partial charge on any atom is -0.398 e. The van der Waals surface area contributed by atoms with E-state index in [2.05, 4.69) is 30.4 Å². The van der Waals surface area contributed by atoms with Crippen molar-refractivity contribution >= 4 is 5.69 Å². The minimum absolute atomic E-state index is 0.870. The molecule has 16 heavy (non-hydrogen) atoms. The van der Waals surface area contributed by atoms with Gasteiger partial charge in [-0.25, -0.2) is 0 Å². The maximum absolute atomic E-state index is 5.85. The number of hydrogen-bond acceptors (Lipinski definition) is 3. The summed E-state index contributed by atoms with van der Waals surface area (Å²) in [5.41, 5.74) is 7.92. The fraction of sp³-hybridized carbons (Fsp3) is 0.538. The fourth-order valence-corrected chi connectivity index (χ4v) is 1.60. The van der Waals surface area contributed by atoms with Gasteiger partial charge in [-0.05, 0) is 51.7 Å². The number of hydrogen-bond donors (Lipinski definition) is 2. The van der Waals surface area contributed by atoms with Crippen LogP contribution in [-0.2, 0) is 6.54 Å². The van der Waals surface area contributed by atoms with Crippen LogP contribution in [0.25, 0.3) is 0 Å². The number of para-hydroxylation sites is 1. The monoisotopic (exact) mass is 221 g/mol. The Morgan fingerprint density at radius 1 is 1.19 bits per heavy atom. The van der Waals surface area contributed by atoms with Crippen LogP contribution in [0.4, 0.5) is 5.69 Å². The van der Waals surface area contributed by atoms with Crippen LogP contribution >= 0.6 is 0 Å². The second-order valence-corrected chi connectivity index (χ2v) is 4.39. The van der Waals surface area contributed by atoms with Crippen molar-refractivity contribution in [2.75, 3.05) is 32.9 Å². The number of nitrogens with one attached hydrogen (secondary N) is 1. The van der Waals surface area contributed by atoms with E-state index < -0.39 is 0 Å². The van der Waals surface area contributed by atoms with Crippen molar-refractivity contribution < 1.29 is 0 Å². The van der Waals surface area contributed by atoms with Gasteiger partial charge in [-0.15, -0.1) is 0 Å². The molecule has 3 heteroatoms. The van der Waals surface area contributed by atoms with Crippen molar-refractivity contribution in [3.05, 3.63) is 29.8 Å². The summed E-state index contributed by atoms with van der Waals surface area (Å²) in [5, 5.41) is 3.42. The molecule has 0 saturated heterocycles. The summed E-state index contributed by atoms with van der Waals surface area (Å²) in [4.78, 5) is 2.22. The molecule has 1 rings (SSSR count). The molecular formula is C13H23N3. The summed E-state index contributed by atoms with van der Waals surface area (Å²) < 4.78 is 0. The Hall–Kier alpha value is -1.06. The molecule has 1 aromatic carbocycles. The van der Waals surface area contributed by atoms with Crippen molar-refractivity contribution in [1.29, 1.82) is 0 Å². The van der Waals surface area contributed by atoms with Crippen LogP contribution in [0, 0.1) is 0 Å². The van der Waals surface area contributed by atoms with Gasteiger partial charge in [0.25, 0.3) is 0 Å². The van der Waals surface area contributed by atoms with Crippen LogP contribution in [0.15, 0.2) is 24.3 Å². The largest absolute Gasteiger partial charge is 0.398 e. The van der Waals surface area contributed by atoms with Crippen LogP contribution < -0.4 is 11.1 Å². The van der Waals surface area contributed by atoms with Crippen LogP contribution in [0.3, 0.4) is 0 Å². The molecule has 0 unspecified atom stereocenters. The van der Waals surface area contributed by atoms with Crippen molar-refractivity contribution in [3.63, 3.8) is 0 Å². The molecule has 0 saturated carbocycles. The zero-order chi connectivity index (χ0) is 11.8. The van der Waals surface area contributed by atoms with Crippen LogP contribution in [-0.4, -0.2) is 32.1 Å². The van der Waals surface area contributed by atoms with Gasteiger partial charge in [0.2, 0.25) is 0 Å². The van der Waals surface area contributed by atoms with E-state index in [-0.39, 0.29) is 0 Å². The number of rotatable bonds is 7. The summed E-state index contributed by atoms with van der Waals surface area (Å²) in [6, 6.07) is 8.01. The molecule has 0 bridgehead atoms. The number of anilines is 1. The summed E-state index contributed by atoms with van der Waals surface area (Å²) in [5.74, 6) is 0. The maximum atomic E-state index is 5.85. The molecule has 0 heterocycles. The van der Waals surface area contributed by atoms with Gasteiger partial charge in [-0.1, -0.05) is 18.2 Å². The number of nitrogens with zero attached hydrogens (tertiary/aromatic N) is 1. The van der Waals surface area contributed by atoms with Gasteiger partial charge in [-0.2, -0.15) is 0 Å². The van der Waals surface area contributed by atoms with Gasteiger partial charge in [0.15, 0.2) is 0 Å². The first-order chi connectivity index (χ1) is 7.70. The average molecular weight is 221 g/mol. The van der Waals surface area contributed by atoms with Crippen LogP contribution in [0.5, 0.6) is 0 Å². The van der Waals surface area contributed by atoms with Crippen molar-refractivity contribution in [3.8, 4) is 0 Å². The highest BCUT2D eigenvalue weighted by Crippen LogP contribution is 2.09. The maximum Gasteiger partial charge on any atom is 0.0359 e. The Bertz CT molecular complexity index is 297. The van der Waals surface area contributed by atoms with E-state index in [1.165, 1.54) is 18.4 Å². The van der Waals surface area contributed by atoms with E-state index in [9.17, 15) is 0 Å². The van der Waals surface area contributed by atoms with Gasteiger partial charge in [-0.3, -0.25) is 0 Å². The Morgan fingerprint density at radius 2 is 1.94 bits per heavy atom. The summed E-state index contributed by atoms with van der Waals surface area (Å²) >= 11 is 0. The predicted molar refractivity (Wildman–Crippen MR) is 70.3 cm³/mol. The lowest BCUT2D eigenvalue weighted by Gasteiger charge is -2.10. The standard InChI is InChI=1S/C13H23N3/c1-16(2)10-6-5-9-15-11-12-7-3-4-8-13(12)14/h3-4,7-8,15H,5-6,9-11,14H2,1-2H3. The third-order valence-corrected chi connectivity index (χ3v) is 2.58. The Balaban J connectivity index is 2.10. The highest BCUT2D eigenvalue weighted by molar-refractivity contribution is 5.46. The third kappa shape index (κ3) is 5.14. The first kappa shape index (κ1) is 13.0. The van der Waals surface area contributed by atoms with Crippen LogP contribution in [0.2, 0.25) is 0 Å². The van der Waals surface area contributed by atoms with Crippen molar-refractivity contribution in [2.45, 2.75) is 19.4 Å². The molecule has 3 N–H and O–H groups in total. The smallest absolute Gasteiger partial charge is 0.0359 e. The zero-order valence-electron chi connectivity index (χ0n) is 10.4. The number of nitrogen functional groups attached to an aromatic ring is 1. The van der Waals surface area contributed by atoms with E-state index in [4.69, 9.17) is 5.73 Å². The topological polar surface area (TPSA) is 41.3 Å². The Kier molecular flexibility index (Phi) is 5.90. The molecule has 0 radical (unpaired) electrons. The SMILES string of the molecule is CN(C)CCCCNCc1ccccc1N. The quantitative estimate of drug-likeness (QED) is 0.544. The Labute approximate surface area is 98.6 Å². The molecule has 3 nitrogen and oxygen atoms in total. The molecule has 0 spiro atoms. The predicted octanol–water partition coefficient (Wildman–Crippen LogP) is 1.70. The second-order valence-electron chi connectivity index (χ2n) is 4.39. The summed E-state index contributed by atoms with van der Waals surface area (Å²) in [7, 11) is 4.22.